The average Bonchev–Trinajstić information content (AvgIpc) is 2.39. The second-order valence-electron chi connectivity index (χ2n) is 3.66. The molecule has 0 amide bonds. The lowest BCUT2D eigenvalue weighted by Gasteiger charge is -2.12. The van der Waals surface area contributed by atoms with Gasteiger partial charge in [-0.15, -0.1) is 0 Å². The molecule has 4 heteroatoms. The van der Waals surface area contributed by atoms with Crippen LogP contribution in [0.2, 0.25) is 0 Å². The summed E-state index contributed by atoms with van der Waals surface area (Å²) in [6.07, 6.45) is 1.08. The summed E-state index contributed by atoms with van der Waals surface area (Å²) in [6.45, 7) is 0.443. The highest BCUT2D eigenvalue weighted by molar-refractivity contribution is 9.10. The lowest BCUT2D eigenvalue weighted by atomic mass is 10.2. The highest BCUT2D eigenvalue weighted by Crippen LogP contribution is 2.15. The van der Waals surface area contributed by atoms with E-state index in [1.54, 1.807) is 6.20 Å². The van der Waals surface area contributed by atoms with E-state index in [-0.39, 0.29) is 0 Å². The second kappa shape index (κ2) is 5.80. The Hall–Kier alpha value is -1.39. The maximum Gasteiger partial charge on any atom is 0.113 e. The topological polar surface area (TPSA) is 45.1 Å². The number of hydrogen-bond donors (Lipinski definition) is 2. The molecule has 0 aliphatic carbocycles. The van der Waals surface area contributed by atoms with Gasteiger partial charge in [-0.05, 0) is 36.4 Å². The van der Waals surface area contributed by atoms with E-state index in [1.165, 1.54) is 0 Å². The number of aromatic nitrogens is 1. The summed E-state index contributed by atoms with van der Waals surface area (Å²) in [5.41, 5.74) is 1.65. The summed E-state index contributed by atoms with van der Waals surface area (Å²) in [5, 5.41) is 13.1. The molecule has 0 fully saturated rings. The van der Waals surface area contributed by atoms with Gasteiger partial charge in [-0.3, -0.25) is 4.98 Å². The maximum atomic E-state index is 9.90. The monoisotopic (exact) mass is 292 g/mol. The predicted molar refractivity (Wildman–Crippen MR) is 71.8 cm³/mol. The van der Waals surface area contributed by atoms with Gasteiger partial charge in [0.1, 0.15) is 6.10 Å². The van der Waals surface area contributed by atoms with Crippen molar-refractivity contribution in [3.63, 3.8) is 0 Å². The molecule has 0 spiro atoms. The van der Waals surface area contributed by atoms with Crippen LogP contribution in [0.15, 0.2) is 53.1 Å². The van der Waals surface area contributed by atoms with E-state index in [9.17, 15) is 5.11 Å². The Bertz CT molecular complexity index is 459. The van der Waals surface area contributed by atoms with Gasteiger partial charge in [0.15, 0.2) is 0 Å². The van der Waals surface area contributed by atoms with Crippen molar-refractivity contribution >= 4 is 21.6 Å². The van der Waals surface area contributed by atoms with Gasteiger partial charge < -0.3 is 10.4 Å². The fourth-order valence-corrected chi connectivity index (χ4v) is 1.72. The zero-order valence-electron chi connectivity index (χ0n) is 9.18. The van der Waals surface area contributed by atoms with Gasteiger partial charge in [0, 0.05) is 22.9 Å². The van der Waals surface area contributed by atoms with Crippen molar-refractivity contribution < 1.29 is 5.11 Å². The second-order valence-corrected chi connectivity index (χ2v) is 4.57. The van der Waals surface area contributed by atoms with Crippen molar-refractivity contribution in [2.45, 2.75) is 6.10 Å². The minimum atomic E-state index is -0.597. The van der Waals surface area contributed by atoms with Crippen LogP contribution in [0.4, 0.5) is 5.69 Å². The zero-order valence-corrected chi connectivity index (χ0v) is 10.8. The maximum absolute atomic E-state index is 9.90. The van der Waals surface area contributed by atoms with Gasteiger partial charge in [-0.25, -0.2) is 0 Å². The molecule has 0 aliphatic heterocycles. The van der Waals surface area contributed by atoms with Crippen molar-refractivity contribution in [3.05, 3.63) is 58.8 Å². The Morgan fingerprint density at radius 2 is 1.94 bits per heavy atom. The van der Waals surface area contributed by atoms with Gasteiger partial charge in [0.25, 0.3) is 0 Å². The third-order valence-corrected chi connectivity index (χ3v) is 2.90. The first-order valence-corrected chi connectivity index (χ1v) is 6.13. The normalized spacial score (nSPS) is 12.1. The molecular formula is C13H13BrN2O. The van der Waals surface area contributed by atoms with E-state index in [0.717, 1.165) is 10.2 Å². The molecule has 1 atom stereocenters. The Balaban J connectivity index is 1.92. The number of pyridine rings is 1. The number of nitrogens with zero attached hydrogens (tertiary/aromatic N) is 1. The number of hydrogen-bond acceptors (Lipinski definition) is 3. The van der Waals surface area contributed by atoms with Crippen LogP contribution in [0.5, 0.6) is 0 Å². The van der Waals surface area contributed by atoms with Gasteiger partial charge in [-0.2, -0.15) is 0 Å². The molecule has 88 valence electrons. The first kappa shape index (κ1) is 12.1. The molecule has 0 saturated heterocycles. The highest BCUT2D eigenvalue weighted by atomic mass is 79.9. The first-order valence-electron chi connectivity index (χ1n) is 5.34. The van der Waals surface area contributed by atoms with E-state index < -0.39 is 6.10 Å². The first-order chi connectivity index (χ1) is 8.25. The van der Waals surface area contributed by atoms with E-state index in [1.807, 2.05) is 42.5 Å². The number of anilines is 1. The summed E-state index contributed by atoms with van der Waals surface area (Å²) >= 11 is 3.38. The lowest BCUT2D eigenvalue weighted by Crippen LogP contribution is -2.13. The molecule has 2 rings (SSSR count). The minimum Gasteiger partial charge on any atom is -0.385 e. The van der Waals surface area contributed by atoms with E-state index in [2.05, 4.69) is 26.2 Å². The van der Waals surface area contributed by atoms with E-state index in [0.29, 0.717) is 12.2 Å². The van der Waals surface area contributed by atoms with Crippen LogP contribution in [0, 0.1) is 0 Å². The number of nitrogens with one attached hydrogen (secondary N) is 1. The highest BCUT2D eigenvalue weighted by Gasteiger charge is 2.07. The fraction of sp³-hybridized carbons (Fsp3) is 0.154. The molecule has 1 unspecified atom stereocenters. The quantitative estimate of drug-likeness (QED) is 0.911. The number of rotatable bonds is 4. The Kier molecular flexibility index (Phi) is 4.12. The van der Waals surface area contributed by atoms with Crippen molar-refractivity contribution in [2.75, 3.05) is 11.9 Å². The molecule has 2 aromatic rings. The van der Waals surface area contributed by atoms with Crippen molar-refractivity contribution in [3.8, 4) is 0 Å². The predicted octanol–water partition coefficient (Wildman–Crippen LogP) is 2.99. The van der Waals surface area contributed by atoms with Gasteiger partial charge in [-0.1, -0.05) is 22.0 Å². The molecule has 0 saturated carbocycles. The lowest BCUT2D eigenvalue weighted by molar-refractivity contribution is 0.187. The molecular weight excluding hydrogens is 280 g/mol. The summed E-state index contributed by atoms with van der Waals surface area (Å²) < 4.78 is 1.04. The van der Waals surface area contributed by atoms with Crippen LogP contribution < -0.4 is 5.32 Å². The molecule has 17 heavy (non-hydrogen) atoms. The molecule has 1 heterocycles. The fourth-order valence-electron chi connectivity index (χ4n) is 1.46. The van der Waals surface area contributed by atoms with Crippen molar-refractivity contribution in [2.24, 2.45) is 0 Å². The third-order valence-electron chi connectivity index (χ3n) is 2.37. The van der Waals surface area contributed by atoms with Crippen LogP contribution in [0.3, 0.4) is 0 Å². The molecule has 0 bridgehead atoms. The Labute approximate surface area is 109 Å². The van der Waals surface area contributed by atoms with Crippen LogP contribution in [0.1, 0.15) is 11.8 Å². The van der Waals surface area contributed by atoms with Crippen molar-refractivity contribution in [1.29, 1.82) is 0 Å². The smallest absolute Gasteiger partial charge is 0.113 e. The van der Waals surface area contributed by atoms with Crippen molar-refractivity contribution in [1.82, 2.24) is 4.98 Å². The SMILES string of the molecule is OC(CNc1ccc(Br)cc1)c1ccccn1. The molecule has 2 N–H and O–H groups in total. The van der Waals surface area contributed by atoms with E-state index >= 15 is 0 Å². The van der Waals surface area contributed by atoms with Gasteiger partial charge in [0.2, 0.25) is 0 Å². The van der Waals surface area contributed by atoms with Gasteiger partial charge in [0.05, 0.1) is 5.69 Å². The number of benzene rings is 1. The van der Waals surface area contributed by atoms with Gasteiger partial charge >= 0.3 is 0 Å². The Morgan fingerprint density at radius 3 is 2.59 bits per heavy atom. The molecule has 1 aromatic carbocycles. The summed E-state index contributed by atoms with van der Waals surface area (Å²) in [7, 11) is 0. The van der Waals surface area contributed by atoms with Crippen LogP contribution in [-0.4, -0.2) is 16.6 Å². The Morgan fingerprint density at radius 1 is 1.18 bits per heavy atom. The number of aliphatic hydroxyl groups is 1. The summed E-state index contributed by atoms with van der Waals surface area (Å²) in [5.74, 6) is 0. The molecule has 3 nitrogen and oxygen atoms in total. The molecule has 1 aromatic heterocycles. The molecule has 0 radical (unpaired) electrons. The molecule has 0 aliphatic rings. The standard InChI is InChI=1S/C13H13BrN2O/c14-10-4-6-11(7-5-10)16-9-13(17)12-3-1-2-8-15-12/h1-8,13,16-17H,9H2. The average molecular weight is 293 g/mol. The van der Waals surface area contributed by atoms with Crippen LogP contribution in [-0.2, 0) is 0 Å². The number of halogens is 1. The third kappa shape index (κ3) is 3.54. The summed E-state index contributed by atoms with van der Waals surface area (Å²) in [4.78, 5) is 4.11. The summed E-state index contributed by atoms with van der Waals surface area (Å²) in [6, 6.07) is 13.3. The van der Waals surface area contributed by atoms with Crippen LogP contribution in [0.25, 0.3) is 0 Å². The minimum absolute atomic E-state index is 0.443. The number of aliphatic hydroxyl groups excluding tert-OH is 1. The van der Waals surface area contributed by atoms with E-state index in [4.69, 9.17) is 0 Å². The zero-order chi connectivity index (χ0) is 12.1. The largest absolute Gasteiger partial charge is 0.385 e. The van der Waals surface area contributed by atoms with Crippen LogP contribution >= 0.6 is 15.9 Å².